The van der Waals surface area contributed by atoms with Gasteiger partial charge >= 0.3 is 0 Å². The predicted molar refractivity (Wildman–Crippen MR) is 67.5 cm³/mol. The second-order valence-electron chi connectivity index (χ2n) is 3.76. The fourth-order valence-electron chi connectivity index (χ4n) is 1.35. The normalized spacial score (nSPS) is 11.4. The number of benzene rings is 1. The summed E-state index contributed by atoms with van der Waals surface area (Å²) in [4.78, 5) is 11.7. The lowest BCUT2D eigenvalue weighted by Gasteiger charge is -2.04. The number of carbonyl (C=O) groups is 1. The van der Waals surface area contributed by atoms with Crippen LogP contribution in [0.15, 0.2) is 22.7 Å². The van der Waals surface area contributed by atoms with Crippen LogP contribution in [-0.4, -0.2) is 26.2 Å². The van der Waals surface area contributed by atoms with E-state index >= 15 is 0 Å². The number of aryl methyl sites for hydroxylation is 1. The van der Waals surface area contributed by atoms with E-state index in [2.05, 4.69) is 15.9 Å². The number of Topliss-reactive ketones (excluding diaryl/α,β-unsaturated/α-hetero) is 1. The summed E-state index contributed by atoms with van der Waals surface area (Å²) in [7, 11) is -3.08. The zero-order valence-electron chi connectivity index (χ0n) is 9.16. The van der Waals surface area contributed by atoms with Gasteiger partial charge in [0.15, 0.2) is 5.78 Å². The summed E-state index contributed by atoms with van der Waals surface area (Å²) in [5.41, 5.74) is 1.44. The summed E-state index contributed by atoms with van der Waals surface area (Å²) in [6.45, 7) is 1.83. The molecular formula is C11H13BrO3S. The fourth-order valence-corrected chi connectivity index (χ4v) is 2.38. The van der Waals surface area contributed by atoms with Crippen LogP contribution in [0.3, 0.4) is 0 Å². The number of hydrogen-bond acceptors (Lipinski definition) is 3. The van der Waals surface area contributed by atoms with E-state index in [1.54, 1.807) is 12.1 Å². The molecule has 0 bridgehead atoms. The molecule has 0 spiro atoms. The van der Waals surface area contributed by atoms with Gasteiger partial charge in [-0.25, -0.2) is 8.42 Å². The van der Waals surface area contributed by atoms with Gasteiger partial charge in [0.2, 0.25) is 0 Å². The molecule has 0 aromatic heterocycles. The van der Waals surface area contributed by atoms with E-state index in [-0.39, 0.29) is 18.0 Å². The van der Waals surface area contributed by atoms with Crippen LogP contribution in [0.2, 0.25) is 0 Å². The van der Waals surface area contributed by atoms with Crippen molar-refractivity contribution in [1.29, 1.82) is 0 Å². The number of sulfone groups is 1. The Bertz CT molecular complexity index is 506. The summed E-state index contributed by atoms with van der Waals surface area (Å²) in [6, 6.07) is 5.33. The zero-order valence-corrected chi connectivity index (χ0v) is 11.6. The molecule has 1 rings (SSSR count). The molecule has 0 aliphatic rings. The average Bonchev–Trinajstić information content (AvgIpc) is 2.13. The van der Waals surface area contributed by atoms with Gasteiger partial charge in [-0.2, -0.15) is 0 Å². The van der Waals surface area contributed by atoms with Crippen molar-refractivity contribution in [2.24, 2.45) is 0 Å². The molecule has 0 saturated carbocycles. The maximum absolute atomic E-state index is 11.7. The third kappa shape index (κ3) is 4.06. The molecule has 0 amide bonds. The molecule has 0 heterocycles. The number of rotatable bonds is 4. The van der Waals surface area contributed by atoms with Crippen LogP contribution >= 0.6 is 15.9 Å². The quantitative estimate of drug-likeness (QED) is 0.803. The van der Waals surface area contributed by atoms with Gasteiger partial charge in [0.25, 0.3) is 0 Å². The lowest BCUT2D eigenvalue weighted by molar-refractivity contribution is 0.0988. The number of halogens is 1. The molecular weight excluding hydrogens is 292 g/mol. The minimum Gasteiger partial charge on any atom is -0.294 e. The first-order valence-electron chi connectivity index (χ1n) is 4.76. The highest BCUT2D eigenvalue weighted by atomic mass is 79.9. The number of carbonyl (C=O) groups excluding carboxylic acids is 1. The Morgan fingerprint density at radius 1 is 1.38 bits per heavy atom. The average molecular weight is 305 g/mol. The van der Waals surface area contributed by atoms with Crippen LogP contribution in [0.4, 0.5) is 0 Å². The van der Waals surface area contributed by atoms with E-state index in [0.29, 0.717) is 5.56 Å². The van der Waals surface area contributed by atoms with Gasteiger partial charge < -0.3 is 0 Å². The Labute approximate surface area is 104 Å². The Morgan fingerprint density at radius 2 is 2.00 bits per heavy atom. The topological polar surface area (TPSA) is 51.2 Å². The van der Waals surface area contributed by atoms with Crippen LogP contribution in [0, 0.1) is 6.92 Å². The van der Waals surface area contributed by atoms with E-state index in [9.17, 15) is 13.2 Å². The molecule has 0 unspecified atom stereocenters. The highest BCUT2D eigenvalue weighted by Gasteiger charge is 2.12. The van der Waals surface area contributed by atoms with Crippen molar-refractivity contribution in [3.05, 3.63) is 33.8 Å². The third-order valence-electron chi connectivity index (χ3n) is 2.19. The summed E-state index contributed by atoms with van der Waals surface area (Å²) >= 11 is 3.31. The molecule has 5 heteroatoms. The first-order chi connectivity index (χ1) is 7.29. The van der Waals surface area contributed by atoms with E-state index in [4.69, 9.17) is 0 Å². The largest absolute Gasteiger partial charge is 0.294 e. The first kappa shape index (κ1) is 13.4. The maximum atomic E-state index is 11.7. The van der Waals surface area contributed by atoms with Gasteiger partial charge in [-0.1, -0.05) is 22.0 Å². The maximum Gasteiger partial charge on any atom is 0.164 e. The second kappa shape index (κ2) is 5.10. The molecule has 0 radical (unpaired) electrons. The monoisotopic (exact) mass is 304 g/mol. The highest BCUT2D eigenvalue weighted by molar-refractivity contribution is 9.10. The molecule has 0 aliphatic carbocycles. The zero-order chi connectivity index (χ0) is 12.3. The van der Waals surface area contributed by atoms with Crippen molar-refractivity contribution in [2.45, 2.75) is 13.3 Å². The molecule has 0 atom stereocenters. The fraction of sp³-hybridized carbons (Fsp3) is 0.364. The van der Waals surface area contributed by atoms with Crippen molar-refractivity contribution in [3.8, 4) is 0 Å². The summed E-state index contributed by atoms with van der Waals surface area (Å²) in [5.74, 6) is -0.225. The molecule has 1 aromatic carbocycles. The minimum atomic E-state index is -3.08. The molecule has 0 aliphatic heterocycles. The van der Waals surface area contributed by atoms with Gasteiger partial charge in [-0.05, 0) is 24.6 Å². The van der Waals surface area contributed by atoms with E-state index in [1.807, 2.05) is 13.0 Å². The van der Waals surface area contributed by atoms with Crippen molar-refractivity contribution in [1.82, 2.24) is 0 Å². The van der Waals surface area contributed by atoms with E-state index in [0.717, 1.165) is 16.3 Å². The van der Waals surface area contributed by atoms with Gasteiger partial charge in [0.05, 0.1) is 5.75 Å². The second-order valence-corrected chi connectivity index (χ2v) is 6.94. The number of hydrogen-bond donors (Lipinski definition) is 0. The standard InChI is InChI=1S/C11H13BrO3S/c1-8-7-9(12)3-4-10(8)11(13)5-6-16(2,14)15/h3-4,7H,5-6H2,1-2H3. The Morgan fingerprint density at radius 3 is 2.50 bits per heavy atom. The predicted octanol–water partition coefficient (Wildman–Crippen LogP) is 2.37. The molecule has 0 fully saturated rings. The van der Waals surface area contributed by atoms with Gasteiger partial charge in [-0.15, -0.1) is 0 Å². The third-order valence-corrected chi connectivity index (χ3v) is 3.63. The molecule has 16 heavy (non-hydrogen) atoms. The lowest BCUT2D eigenvalue weighted by atomic mass is 10.0. The van der Waals surface area contributed by atoms with Crippen molar-refractivity contribution in [3.63, 3.8) is 0 Å². The molecule has 0 saturated heterocycles. The van der Waals surface area contributed by atoms with E-state index < -0.39 is 9.84 Å². The van der Waals surface area contributed by atoms with Gasteiger partial charge in [0.1, 0.15) is 9.84 Å². The van der Waals surface area contributed by atoms with Crippen LogP contribution in [0.5, 0.6) is 0 Å². The Kier molecular flexibility index (Phi) is 4.27. The summed E-state index contributed by atoms with van der Waals surface area (Å²) < 4.78 is 22.8. The summed E-state index contributed by atoms with van der Waals surface area (Å²) in [6.07, 6.45) is 1.18. The van der Waals surface area contributed by atoms with Crippen molar-refractivity contribution < 1.29 is 13.2 Å². The minimum absolute atomic E-state index is 0.0430. The molecule has 3 nitrogen and oxygen atoms in total. The van der Waals surface area contributed by atoms with Crippen molar-refractivity contribution in [2.75, 3.05) is 12.0 Å². The Balaban J connectivity index is 2.82. The Hall–Kier alpha value is -0.680. The molecule has 88 valence electrons. The van der Waals surface area contributed by atoms with Crippen LogP contribution < -0.4 is 0 Å². The van der Waals surface area contributed by atoms with Gasteiger partial charge in [-0.3, -0.25) is 4.79 Å². The van der Waals surface area contributed by atoms with Crippen LogP contribution in [-0.2, 0) is 9.84 Å². The van der Waals surface area contributed by atoms with Crippen molar-refractivity contribution >= 4 is 31.6 Å². The highest BCUT2D eigenvalue weighted by Crippen LogP contribution is 2.17. The van der Waals surface area contributed by atoms with Crippen LogP contribution in [0.1, 0.15) is 22.3 Å². The SMILES string of the molecule is Cc1cc(Br)ccc1C(=O)CCS(C)(=O)=O. The number of ketones is 1. The van der Waals surface area contributed by atoms with Crippen LogP contribution in [0.25, 0.3) is 0 Å². The molecule has 1 aromatic rings. The molecule has 0 N–H and O–H groups in total. The first-order valence-corrected chi connectivity index (χ1v) is 7.62. The van der Waals surface area contributed by atoms with E-state index in [1.165, 1.54) is 0 Å². The smallest absolute Gasteiger partial charge is 0.164 e. The lowest BCUT2D eigenvalue weighted by Crippen LogP contribution is -2.10. The summed E-state index contributed by atoms with van der Waals surface area (Å²) in [5, 5.41) is 0. The van der Waals surface area contributed by atoms with Gasteiger partial charge in [0, 0.05) is 22.7 Å².